The molecule has 0 bridgehead atoms. The van der Waals surface area contributed by atoms with Crippen LogP contribution in [0.5, 0.6) is 0 Å². The van der Waals surface area contributed by atoms with E-state index in [1.165, 1.54) is 16.2 Å². The molecule has 23 heavy (non-hydrogen) atoms. The van der Waals surface area contributed by atoms with Gasteiger partial charge in [0, 0.05) is 22.1 Å². The first-order valence-corrected chi connectivity index (χ1v) is 8.46. The maximum Gasteiger partial charge on any atom is 0.278 e. The zero-order chi connectivity index (χ0) is 16.6. The second-order valence-electron chi connectivity index (χ2n) is 5.17. The maximum atomic E-state index is 12.6. The predicted molar refractivity (Wildman–Crippen MR) is 93.4 cm³/mol. The number of hydrogen-bond acceptors (Lipinski definition) is 4. The van der Waals surface area contributed by atoms with E-state index < -0.39 is 0 Å². The number of halogens is 1. The zero-order valence-electron chi connectivity index (χ0n) is 12.7. The Morgan fingerprint density at radius 2 is 2.00 bits per heavy atom. The van der Waals surface area contributed by atoms with Crippen LogP contribution in [-0.2, 0) is 9.59 Å². The van der Waals surface area contributed by atoms with E-state index in [1.54, 1.807) is 13.0 Å². The third-order valence-corrected chi connectivity index (χ3v) is 4.82. The Hall–Kier alpha value is -2.11. The quantitative estimate of drug-likeness (QED) is 0.853. The number of amides is 2. The molecule has 1 aliphatic rings. The predicted octanol–water partition coefficient (Wildman–Crippen LogP) is 3.92. The summed E-state index contributed by atoms with van der Waals surface area (Å²) in [4.78, 5) is 27.2. The van der Waals surface area contributed by atoms with Crippen molar-refractivity contribution in [2.75, 3.05) is 11.9 Å². The topological polar surface area (TPSA) is 49.4 Å². The summed E-state index contributed by atoms with van der Waals surface area (Å²) in [7, 11) is 0. The lowest BCUT2D eigenvalue weighted by molar-refractivity contribution is -0.136. The van der Waals surface area contributed by atoms with Crippen molar-refractivity contribution in [2.45, 2.75) is 13.8 Å². The van der Waals surface area contributed by atoms with E-state index in [0.29, 0.717) is 22.8 Å². The molecule has 2 aromatic rings. The van der Waals surface area contributed by atoms with Crippen LogP contribution in [0.4, 0.5) is 5.69 Å². The number of rotatable bonds is 4. The number of likely N-dealkylation sites (N-methyl/N-ethyl adjacent to an activating group) is 1. The maximum absolute atomic E-state index is 12.6. The minimum Gasteiger partial charge on any atom is -0.350 e. The van der Waals surface area contributed by atoms with Crippen molar-refractivity contribution in [3.63, 3.8) is 0 Å². The normalized spacial score (nSPS) is 14.8. The van der Waals surface area contributed by atoms with E-state index in [2.05, 4.69) is 5.32 Å². The summed E-state index contributed by atoms with van der Waals surface area (Å²) in [6.07, 6.45) is 0. The molecule has 118 valence electrons. The summed E-state index contributed by atoms with van der Waals surface area (Å²) < 4.78 is 0. The Morgan fingerprint density at radius 3 is 2.61 bits per heavy atom. The summed E-state index contributed by atoms with van der Waals surface area (Å²) in [5.41, 5.74) is 2.43. The Balaban J connectivity index is 2.08. The van der Waals surface area contributed by atoms with Gasteiger partial charge in [0.05, 0.1) is 5.57 Å². The van der Waals surface area contributed by atoms with Crippen LogP contribution in [0.25, 0.3) is 5.57 Å². The highest BCUT2D eigenvalue weighted by Crippen LogP contribution is 2.33. The number of carbonyl (C=O) groups is 2. The van der Waals surface area contributed by atoms with Crippen molar-refractivity contribution in [2.24, 2.45) is 0 Å². The number of aryl methyl sites for hydroxylation is 1. The summed E-state index contributed by atoms with van der Waals surface area (Å²) >= 11 is 7.41. The number of hydrogen-bond donors (Lipinski definition) is 1. The summed E-state index contributed by atoms with van der Waals surface area (Å²) in [5.74, 6) is -0.552. The van der Waals surface area contributed by atoms with Gasteiger partial charge in [0.25, 0.3) is 11.8 Å². The monoisotopic (exact) mass is 346 g/mol. The molecule has 0 atom stereocenters. The molecule has 1 aromatic heterocycles. The van der Waals surface area contributed by atoms with Gasteiger partial charge in [-0.1, -0.05) is 17.7 Å². The molecule has 4 nitrogen and oxygen atoms in total. The lowest BCUT2D eigenvalue weighted by Crippen LogP contribution is -2.32. The molecule has 1 aliphatic heterocycles. The van der Waals surface area contributed by atoms with Gasteiger partial charge in [-0.15, -0.1) is 11.3 Å². The molecule has 0 spiro atoms. The van der Waals surface area contributed by atoms with Gasteiger partial charge in [0.2, 0.25) is 0 Å². The van der Waals surface area contributed by atoms with Gasteiger partial charge in [-0.2, -0.15) is 0 Å². The molecule has 1 N–H and O–H groups in total. The minimum atomic E-state index is -0.296. The van der Waals surface area contributed by atoms with Crippen LogP contribution < -0.4 is 5.32 Å². The second-order valence-corrected chi connectivity index (χ2v) is 6.55. The highest BCUT2D eigenvalue weighted by Gasteiger charge is 2.38. The Morgan fingerprint density at radius 1 is 1.22 bits per heavy atom. The first-order valence-electron chi connectivity index (χ1n) is 7.20. The summed E-state index contributed by atoms with van der Waals surface area (Å²) in [6.45, 7) is 4.04. The molecule has 0 saturated heterocycles. The average Bonchev–Trinajstić information content (AvgIpc) is 3.10. The van der Waals surface area contributed by atoms with Gasteiger partial charge in [-0.25, -0.2) is 0 Å². The van der Waals surface area contributed by atoms with Crippen LogP contribution in [0, 0.1) is 6.92 Å². The third kappa shape index (κ3) is 2.78. The zero-order valence-corrected chi connectivity index (χ0v) is 14.3. The number of carbonyl (C=O) groups excluding carboxylic acids is 2. The highest BCUT2D eigenvalue weighted by molar-refractivity contribution is 7.11. The molecule has 0 aliphatic carbocycles. The van der Waals surface area contributed by atoms with Gasteiger partial charge < -0.3 is 5.32 Å². The molecular formula is C17H15ClN2O2S. The van der Waals surface area contributed by atoms with E-state index in [-0.39, 0.29) is 11.8 Å². The van der Waals surface area contributed by atoms with Crippen LogP contribution in [-0.4, -0.2) is 23.3 Å². The molecule has 2 amide bonds. The van der Waals surface area contributed by atoms with Gasteiger partial charge in [-0.3, -0.25) is 14.5 Å². The molecule has 1 aromatic carbocycles. The number of nitrogens with zero attached hydrogens (tertiary/aromatic N) is 1. The van der Waals surface area contributed by atoms with Crippen molar-refractivity contribution in [1.82, 2.24) is 4.90 Å². The Labute approximate surface area is 143 Å². The van der Waals surface area contributed by atoms with Crippen molar-refractivity contribution in [3.05, 3.63) is 56.9 Å². The molecule has 2 heterocycles. The molecule has 0 fully saturated rings. The number of thiophene rings is 1. The third-order valence-electron chi connectivity index (χ3n) is 3.70. The average molecular weight is 347 g/mol. The van der Waals surface area contributed by atoms with Gasteiger partial charge >= 0.3 is 0 Å². The van der Waals surface area contributed by atoms with Crippen molar-refractivity contribution < 1.29 is 9.59 Å². The SMILES string of the molecule is CCN1C(=O)C(Nc2ccc(Cl)cc2C)=C(c2cccs2)C1=O. The largest absolute Gasteiger partial charge is 0.350 e. The van der Waals surface area contributed by atoms with Crippen molar-refractivity contribution >= 4 is 46.0 Å². The van der Waals surface area contributed by atoms with Gasteiger partial charge in [0.15, 0.2) is 0 Å². The second kappa shape index (κ2) is 6.18. The van der Waals surface area contributed by atoms with Crippen LogP contribution in [0.15, 0.2) is 41.4 Å². The number of nitrogens with one attached hydrogen (secondary N) is 1. The van der Waals surface area contributed by atoms with E-state index in [4.69, 9.17) is 11.6 Å². The molecule has 3 rings (SSSR count). The highest BCUT2D eigenvalue weighted by atomic mass is 35.5. The fourth-order valence-corrected chi connectivity index (χ4v) is 3.53. The lowest BCUT2D eigenvalue weighted by Gasteiger charge is -2.13. The van der Waals surface area contributed by atoms with E-state index in [0.717, 1.165) is 16.1 Å². The van der Waals surface area contributed by atoms with Crippen LogP contribution >= 0.6 is 22.9 Å². The molecular weight excluding hydrogens is 332 g/mol. The minimum absolute atomic E-state index is 0.255. The van der Waals surface area contributed by atoms with Crippen molar-refractivity contribution in [3.8, 4) is 0 Å². The molecule has 0 unspecified atom stereocenters. The molecule has 0 saturated carbocycles. The Kier molecular flexibility index (Phi) is 4.24. The first-order chi connectivity index (χ1) is 11.0. The first kappa shape index (κ1) is 15.8. The number of imide groups is 1. The van der Waals surface area contributed by atoms with Crippen LogP contribution in [0.2, 0.25) is 5.02 Å². The van der Waals surface area contributed by atoms with Crippen LogP contribution in [0.1, 0.15) is 17.4 Å². The fraction of sp³-hybridized carbons (Fsp3) is 0.176. The van der Waals surface area contributed by atoms with Gasteiger partial charge in [-0.05, 0) is 49.1 Å². The number of anilines is 1. The van der Waals surface area contributed by atoms with Crippen LogP contribution in [0.3, 0.4) is 0 Å². The number of benzene rings is 1. The molecule has 6 heteroatoms. The van der Waals surface area contributed by atoms with E-state index in [9.17, 15) is 9.59 Å². The van der Waals surface area contributed by atoms with E-state index >= 15 is 0 Å². The molecule has 0 radical (unpaired) electrons. The Bertz CT molecular complexity index is 812. The smallest absolute Gasteiger partial charge is 0.278 e. The standard InChI is InChI=1S/C17H15ClN2O2S/c1-3-20-16(21)14(13-5-4-8-23-13)15(17(20)22)19-12-7-6-11(18)9-10(12)2/h4-9,19H,3H2,1-2H3. The van der Waals surface area contributed by atoms with Crippen molar-refractivity contribution in [1.29, 1.82) is 0 Å². The van der Waals surface area contributed by atoms with E-state index in [1.807, 2.05) is 36.6 Å². The fourth-order valence-electron chi connectivity index (χ4n) is 2.53. The lowest BCUT2D eigenvalue weighted by atomic mass is 10.1. The summed E-state index contributed by atoms with van der Waals surface area (Å²) in [6, 6.07) is 9.09. The summed E-state index contributed by atoms with van der Waals surface area (Å²) in [5, 5.41) is 5.65. The van der Waals surface area contributed by atoms with Gasteiger partial charge in [0.1, 0.15) is 5.70 Å².